The molecule has 0 aromatic heterocycles. The Bertz CT molecular complexity index is 325. The summed E-state index contributed by atoms with van der Waals surface area (Å²) in [5.74, 6) is -0.319. The third-order valence-electron chi connectivity index (χ3n) is 2.31. The first-order chi connectivity index (χ1) is 8.49. The number of aryl methyl sites for hydroxylation is 2. The van der Waals surface area contributed by atoms with E-state index in [2.05, 4.69) is 32.0 Å². The summed E-state index contributed by atoms with van der Waals surface area (Å²) in [6.07, 6.45) is 0.734. The Morgan fingerprint density at radius 3 is 1.78 bits per heavy atom. The van der Waals surface area contributed by atoms with Crippen LogP contribution in [0.15, 0.2) is 18.2 Å². The smallest absolute Gasteiger partial charge is 0.220 e. The summed E-state index contributed by atoms with van der Waals surface area (Å²) in [7, 11) is 0. The van der Waals surface area contributed by atoms with E-state index >= 15 is 0 Å². The van der Waals surface area contributed by atoms with Crippen LogP contribution in [0.5, 0.6) is 0 Å². The van der Waals surface area contributed by atoms with Crippen LogP contribution in [0, 0.1) is 19.8 Å². The van der Waals surface area contributed by atoms with Gasteiger partial charge in [-0.3, -0.25) is 4.79 Å². The van der Waals surface area contributed by atoms with Crippen molar-refractivity contribution in [2.24, 2.45) is 11.7 Å². The van der Waals surface area contributed by atoms with Crippen LogP contribution in [0.1, 0.15) is 51.3 Å². The van der Waals surface area contributed by atoms with Crippen molar-refractivity contribution in [1.82, 2.24) is 0 Å². The van der Waals surface area contributed by atoms with E-state index in [1.165, 1.54) is 16.7 Å². The van der Waals surface area contributed by atoms with Crippen LogP contribution in [0.3, 0.4) is 0 Å². The van der Waals surface area contributed by atoms with Crippen molar-refractivity contribution in [3.05, 3.63) is 34.9 Å². The maximum absolute atomic E-state index is 10.9. The molecule has 2 nitrogen and oxygen atoms in total. The van der Waals surface area contributed by atoms with Crippen molar-refractivity contribution in [1.29, 1.82) is 0 Å². The predicted molar refractivity (Wildman–Crippen MR) is 80.7 cm³/mol. The van der Waals surface area contributed by atoms with Gasteiger partial charge in [-0.1, -0.05) is 63.9 Å². The van der Waals surface area contributed by atoms with E-state index in [0.717, 1.165) is 6.42 Å². The Hall–Kier alpha value is -1.31. The zero-order chi connectivity index (χ0) is 14.7. The summed E-state index contributed by atoms with van der Waals surface area (Å²) in [6.45, 7) is 14.0. The van der Waals surface area contributed by atoms with Crippen LogP contribution in [0.4, 0.5) is 0 Å². The zero-order valence-electron chi connectivity index (χ0n) is 13.0. The first-order valence-corrected chi connectivity index (χ1v) is 6.85. The average Bonchev–Trinajstić information content (AvgIpc) is 2.32. The number of hydrogen-bond acceptors (Lipinski definition) is 1. The molecule has 0 aliphatic heterocycles. The fourth-order valence-corrected chi connectivity index (χ4v) is 1.64. The molecule has 1 rings (SSSR count). The first-order valence-electron chi connectivity index (χ1n) is 6.85. The van der Waals surface area contributed by atoms with Gasteiger partial charge in [0, 0.05) is 5.92 Å². The van der Waals surface area contributed by atoms with Crippen molar-refractivity contribution < 1.29 is 4.79 Å². The van der Waals surface area contributed by atoms with Gasteiger partial charge in [0.05, 0.1) is 0 Å². The summed E-state index contributed by atoms with van der Waals surface area (Å²) < 4.78 is 0. The lowest BCUT2D eigenvalue weighted by Crippen LogP contribution is -2.22. The Morgan fingerprint density at radius 2 is 1.44 bits per heavy atom. The van der Waals surface area contributed by atoms with E-state index in [4.69, 9.17) is 5.73 Å². The van der Waals surface area contributed by atoms with E-state index in [9.17, 15) is 4.79 Å². The van der Waals surface area contributed by atoms with Crippen LogP contribution >= 0.6 is 0 Å². The lowest BCUT2D eigenvalue weighted by molar-refractivity contribution is -0.121. The van der Waals surface area contributed by atoms with E-state index in [1.54, 1.807) is 0 Å². The molecule has 0 fully saturated rings. The van der Waals surface area contributed by atoms with Crippen molar-refractivity contribution in [2.75, 3.05) is 0 Å². The molecule has 104 valence electrons. The summed E-state index contributed by atoms with van der Waals surface area (Å²) >= 11 is 0. The predicted octanol–water partition coefficient (Wildman–Crippen LogP) is 4.02. The fraction of sp³-hybridized carbons (Fsp3) is 0.562. The number of carbonyl (C=O) groups is 1. The lowest BCUT2D eigenvalue weighted by Gasteiger charge is -2.08. The number of rotatable bonds is 3. The van der Waals surface area contributed by atoms with E-state index < -0.39 is 0 Å². The monoisotopic (exact) mass is 251 g/mol. The van der Waals surface area contributed by atoms with Crippen LogP contribution in [-0.4, -0.2) is 5.91 Å². The molecule has 2 N–H and O–H groups in total. The van der Waals surface area contributed by atoms with Gasteiger partial charge in [0.15, 0.2) is 0 Å². The average molecular weight is 251 g/mol. The Labute approximate surface area is 113 Å². The molecule has 0 radical (unpaired) electrons. The number of primary amides is 1. The molecule has 1 atom stereocenters. The molecule has 1 aromatic carbocycles. The molecule has 0 saturated heterocycles. The molecule has 0 aliphatic rings. The number of benzene rings is 1. The van der Waals surface area contributed by atoms with Gasteiger partial charge in [0.2, 0.25) is 5.91 Å². The molecular formula is C16H29NO. The summed E-state index contributed by atoms with van der Waals surface area (Å²) in [4.78, 5) is 10.9. The summed E-state index contributed by atoms with van der Waals surface area (Å²) in [6, 6.07) is 6.33. The van der Waals surface area contributed by atoms with Gasteiger partial charge in [-0.25, -0.2) is 0 Å². The molecule has 2 heteroatoms. The van der Waals surface area contributed by atoms with Crippen molar-refractivity contribution >= 4 is 5.91 Å². The SMILES string of the molecule is CC.CC.Cc1cc(C)cc(C[C@H](C)C(N)=O)c1. The van der Waals surface area contributed by atoms with Gasteiger partial charge in [0.25, 0.3) is 0 Å². The molecular weight excluding hydrogens is 222 g/mol. The normalized spacial score (nSPS) is 10.4. The van der Waals surface area contributed by atoms with Crippen LogP contribution < -0.4 is 5.73 Å². The molecule has 0 spiro atoms. The minimum Gasteiger partial charge on any atom is -0.369 e. The zero-order valence-corrected chi connectivity index (χ0v) is 13.0. The van der Waals surface area contributed by atoms with Crippen molar-refractivity contribution in [3.63, 3.8) is 0 Å². The molecule has 0 aliphatic carbocycles. The summed E-state index contributed by atoms with van der Waals surface area (Å²) in [5, 5.41) is 0. The molecule has 0 heterocycles. The van der Waals surface area contributed by atoms with Gasteiger partial charge >= 0.3 is 0 Å². The van der Waals surface area contributed by atoms with E-state index in [-0.39, 0.29) is 11.8 Å². The van der Waals surface area contributed by atoms with Crippen LogP contribution in [0.25, 0.3) is 0 Å². The second-order valence-electron chi connectivity index (χ2n) is 4.00. The molecule has 1 amide bonds. The summed E-state index contributed by atoms with van der Waals surface area (Å²) in [5.41, 5.74) is 8.88. The van der Waals surface area contributed by atoms with E-state index in [0.29, 0.717) is 0 Å². The molecule has 0 unspecified atom stereocenters. The lowest BCUT2D eigenvalue weighted by atomic mass is 9.98. The molecule has 1 aromatic rings. The molecule has 0 saturated carbocycles. The van der Waals surface area contributed by atoms with Gasteiger partial charge in [0.1, 0.15) is 0 Å². The highest BCUT2D eigenvalue weighted by molar-refractivity contribution is 5.76. The number of hydrogen-bond donors (Lipinski definition) is 1. The molecule has 18 heavy (non-hydrogen) atoms. The Balaban J connectivity index is 0. The minimum atomic E-state index is -0.232. The number of carbonyl (C=O) groups excluding carboxylic acids is 1. The quantitative estimate of drug-likeness (QED) is 0.866. The fourth-order valence-electron chi connectivity index (χ4n) is 1.64. The van der Waals surface area contributed by atoms with Gasteiger partial charge in [-0.2, -0.15) is 0 Å². The number of nitrogens with two attached hydrogens (primary N) is 1. The first kappa shape index (κ1) is 19.0. The van der Waals surface area contributed by atoms with Gasteiger partial charge in [-0.05, 0) is 25.8 Å². The standard InChI is InChI=1S/C12H17NO.2C2H6/c1-8-4-9(2)6-11(5-8)7-10(3)12(13)14;2*1-2/h4-6,10H,7H2,1-3H3,(H2,13,14);2*1-2H3/t10-;;/m0../s1. The highest BCUT2D eigenvalue weighted by Crippen LogP contribution is 2.13. The second kappa shape index (κ2) is 10.8. The highest BCUT2D eigenvalue weighted by atomic mass is 16.1. The topological polar surface area (TPSA) is 43.1 Å². The van der Waals surface area contributed by atoms with Crippen LogP contribution in [0.2, 0.25) is 0 Å². The Kier molecular flexibility index (Phi) is 11.4. The second-order valence-corrected chi connectivity index (χ2v) is 4.00. The van der Waals surface area contributed by atoms with E-state index in [1.807, 2.05) is 34.6 Å². The third-order valence-corrected chi connectivity index (χ3v) is 2.31. The van der Waals surface area contributed by atoms with Crippen molar-refractivity contribution in [3.8, 4) is 0 Å². The largest absolute Gasteiger partial charge is 0.369 e. The molecule has 0 bridgehead atoms. The maximum atomic E-state index is 10.9. The van der Waals surface area contributed by atoms with Gasteiger partial charge in [-0.15, -0.1) is 0 Å². The third kappa shape index (κ3) is 7.88. The minimum absolute atomic E-state index is 0.0869. The van der Waals surface area contributed by atoms with Crippen LogP contribution in [-0.2, 0) is 11.2 Å². The van der Waals surface area contributed by atoms with Crippen molar-refractivity contribution in [2.45, 2.75) is 54.9 Å². The number of amides is 1. The highest BCUT2D eigenvalue weighted by Gasteiger charge is 2.09. The maximum Gasteiger partial charge on any atom is 0.220 e. The van der Waals surface area contributed by atoms with Gasteiger partial charge < -0.3 is 5.73 Å². The Morgan fingerprint density at radius 1 is 1.06 bits per heavy atom.